The first kappa shape index (κ1) is 10.9. The van der Waals surface area contributed by atoms with E-state index in [1.807, 2.05) is 0 Å². The molecule has 1 aliphatic heterocycles. The standard InChI is InChI=1S/C12H21NO2/c14-12(15)8-11-2-1-6-13(9-11)7-5-10-3-4-10/h10-11H,1-9H2,(H,14,15). The molecule has 0 aromatic rings. The highest BCUT2D eigenvalue weighted by Crippen LogP contribution is 2.33. The molecule has 0 aromatic carbocycles. The molecule has 1 saturated carbocycles. The molecule has 0 bridgehead atoms. The van der Waals surface area contributed by atoms with E-state index in [0.717, 1.165) is 18.9 Å². The monoisotopic (exact) mass is 211 g/mol. The number of carboxylic acid groups (broad SMARTS) is 1. The Hall–Kier alpha value is -0.570. The van der Waals surface area contributed by atoms with Crippen molar-refractivity contribution in [3.63, 3.8) is 0 Å². The predicted molar refractivity (Wildman–Crippen MR) is 58.8 cm³/mol. The summed E-state index contributed by atoms with van der Waals surface area (Å²) in [4.78, 5) is 13.1. The van der Waals surface area contributed by atoms with Crippen molar-refractivity contribution in [3.8, 4) is 0 Å². The van der Waals surface area contributed by atoms with Gasteiger partial charge in [-0.2, -0.15) is 0 Å². The SMILES string of the molecule is O=C(O)CC1CCCN(CCC2CC2)C1. The van der Waals surface area contributed by atoms with E-state index in [1.165, 1.54) is 38.8 Å². The van der Waals surface area contributed by atoms with Gasteiger partial charge in [0.1, 0.15) is 0 Å². The van der Waals surface area contributed by atoms with E-state index in [9.17, 15) is 4.79 Å². The maximum atomic E-state index is 10.6. The molecule has 86 valence electrons. The highest BCUT2D eigenvalue weighted by molar-refractivity contribution is 5.67. The number of hydrogen-bond acceptors (Lipinski definition) is 2. The largest absolute Gasteiger partial charge is 0.481 e. The van der Waals surface area contributed by atoms with Crippen molar-refractivity contribution in [3.05, 3.63) is 0 Å². The molecule has 1 saturated heterocycles. The summed E-state index contributed by atoms with van der Waals surface area (Å²) < 4.78 is 0. The molecule has 1 aliphatic carbocycles. The number of hydrogen-bond donors (Lipinski definition) is 1. The number of carboxylic acids is 1. The number of likely N-dealkylation sites (tertiary alicyclic amines) is 1. The molecule has 0 aromatic heterocycles. The Morgan fingerprint density at radius 3 is 2.73 bits per heavy atom. The van der Waals surface area contributed by atoms with Crippen LogP contribution in [0.2, 0.25) is 0 Å². The highest BCUT2D eigenvalue weighted by Gasteiger charge is 2.25. The number of aliphatic carboxylic acids is 1. The predicted octanol–water partition coefficient (Wildman–Crippen LogP) is 1.97. The van der Waals surface area contributed by atoms with E-state index < -0.39 is 5.97 Å². The van der Waals surface area contributed by atoms with Crippen LogP contribution in [0.5, 0.6) is 0 Å². The summed E-state index contributed by atoms with van der Waals surface area (Å²) in [5, 5.41) is 8.76. The van der Waals surface area contributed by atoms with Crippen molar-refractivity contribution in [1.82, 2.24) is 4.90 Å². The van der Waals surface area contributed by atoms with Gasteiger partial charge >= 0.3 is 5.97 Å². The van der Waals surface area contributed by atoms with Gasteiger partial charge in [-0.3, -0.25) is 4.79 Å². The molecule has 0 amide bonds. The third-order valence-corrected chi connectivity index (χ3v) is 3.62. The molecule has 2 rings (SSSR count). The van der Waals surface area contributed by atoms with Gasteiger partial charge in [-0.25, -0.2) is 0 Å². The smallest absolute Gasteiger partial charge is 0.303 e. The lowest BCUT2D eigenvalue weighted by Gasteiger charge is -2.32. The van der Waals surface area contributed by atoms with Crippen LogP contribution >= 0.6 is 0 Å². The van der Waals surface area contributed by atoms with Crippen LogP contribution in [0.4, 0.5) is 0 Å². The summed E-state index contributed by atoms with van der Waals surface area (Å²) in [5.41, 5.74) is 0. The topological polar surface area (TPSA) is 40.5 Å². The molecule has 2 fully saturated rings. The minimum absolute atomic E-state index is 0.361. The Balaban J connectivity index is 1.68. The average Bonchev–Trinajstić information content (AvgIpc) is 2.97. The summed E-state index contributed by atoms with van der Waals surface area (Å²) in [6.45, 7) is 3.39. The number of rotatable bonds is 5. The molecule has 2 aliphatic rings. The summed E-state index contributed by atoms with van der Waals surface area (Å²) >= 11 is 0. The van der Waals surface area contributed by atoms with Crippen LogP contribution in [0.25, 0.3) is 0 Å². The summed E-state index contributed by atoms with van der Waals surface area (Å²) in [6, 6.07) is 0. The van der Waals surface area contributed by atoms with Gasteiger partial charge < -0.3 is 10.0 Å². The molecular weight excluding hydrogens is 190 g/mol. The summed E-state index contributed by atoms with van der Waals surface area (Å²) in [7, 11) is 0. The Kier molecular flexibility index (Phi) is 3.62. The fourth-order valence-electron chi connectivity index (χ4n) is 2.54. The van der Waals surface area contributed by atoms with Crippen LogP contribution in [0.3, 0.4) is 0 Å². The molecule has 1 atom stereocenters. The second-order valence-corrected chi connectivity index (χ2v) is 5.14. The fraction of sp³-hybridized carbons (Fsp3) is 0.917. The van der Waals surface area contributed by atoms with Crippen LogP contribution in [-0.4, -0.2) is 35.6 Å². The van der Waals surface area contributed by atoms with E-state index in [2.05, 4.69) is 4.90 Å². The molecule has 15 heavy (non-hydrogen) atoms. The molecule has 0 radical (unpaired) electrons. The Labute approximate surface area is 91.5 Å². The Bertz CT molecular complexity index is 226. The first-order valence-corrected chi connectivity index (χ1v) is 6.18. The molecule has 3 nitrogen and oxygen atoms in total. The van der Waals surface area contributed by atoms with E-state index in [4.69, 9.17) is 5.11 Å². The first-order valence-electron chi connectivity index (χ1n) is 6.18. The van der Waals surface area contributed by atoms with E-state index >= 15 is 0 Å². The highest BCUT2D eigenvalue weighted by atomic mass is 16.4. The van der Waals surface area contributed by atoms with Crippen LogP contribution in [0.15, 0.2) is 0 Å². The second-order valence-electron chi connectivity index (χ2n) is 5.14. The van der Waals surface area contributed by atoms with Gasteiger partial charge in [-0.1, -0.05) is 12.8 Å². The van der Waals surface area contributed by atoms with Crippen LogP contribution in [0.1, 0.15) is 38.5 Å². The summed E-state index contributed by atoms with van der Waals surface area (Å²) in [6.07, 6.45) is 6.83. The quantitative estimate of drug-likeness (QED) is 0.756. The summed E-state index contributed by atoms with van der Waals surface area (Å²) in [5.74, 6) is 0.754. The van der Waals surface area contributed by atoms with Crippen molar-refractivity contribution in [2.45, 2.75) is 38.5 Å². The Morgan fingerprint density at radius 1 is 1.27 bits per heavy atom. The van der Waals surface area contributed by atoms with Gasteiger partial charge in [-0.05, 0) is 44.2 Å². The lowest BCUT2D eigenvalue weighted by atomic mass is 9.95. The van der Waals surface area contributed by atoms with Crippen molar-refractivity contribution in [1.29, 1.82) is 0 Å². The van der Waals surface area contributed by atoms with Crippen LogP contribution < -0.4 is 0 Å². The number of piperidine rings is 1. The molecule has 3 heteroatoms. The normalized spacial score (nSPS) is 27.9. The minimum atomic E-state index is -0.635. The van der Waals surface area contributed by atoms with Gasteiger partial charge in [0.15, 0.2) is 0 Å². The number of carbonyl (C=O) groups is 1. The zero-order chi connectivity index (χ0) is 10.7. The van der Waals surface area contributed by atoms with Crippen molar-refractivity contribution in [2.75, 3.05) is 19.6 Å². The molecule has 1 heterocycles. The average molecular weight is 211 g/mol. The lowest BCUT2D eigenvalue weighted by Crippen LogP contribution is -2.37. The zero-order valence-electron chi connectivity index (χ0n) is 9.32. The van der Waals surface area contributed by atoms with E-state index in [1.54, 1.807) is 0 Å². The van der Waals surface area contributed by atoms with Gasteiger partial charge in [0, 0.05) is 13.0 Å². The third kappa shape index (κ3) is 3.82. The van der Waals surface area contributed by atoms with Crippen LogP contribution in [-0.2, 0) is 4.79 Å². The number of nitrogens with zero attached hydrogens (tertiary/aromatic N) is 1. The lowest BCUT2D eigenvalue weighted by molar-refractivity contribution is -0.138. The van der Waals surface area contributed by atoms with E-state index in [-0.39, 0.29) is 0 Å². The zero-order valence-corrected chi connectivity index (χ0v) is 9.32. The van der Waals surface area contributed by atoms with Crippen molar-refractivity contribution in [2.24, 2.45) is 11.8 Å². The third-order valence-electron chi connectivity index (χ3n) is 3.62. The molecule has 1 unspecified atom stereocenters. The minimum Gasteiger partial charge on any atom is -0.481 e. The Morgan fingerprint density at radius 2 is 2.07 bits per heavy atom. The van der Waals surface area contributed by atoms with Crippen molar-refractivity contribution < 1.29 is 9.90 Å². The van der Waals surface area contributed by atoms with Gasteiger partial charge in [0.25, 0.3) is 0 Å². The first-order chi connectivity index (χ1) is 7.24. The van der Waals surface area contributed by atoms with Gasteiger partial charge in [0.2, 0.25) is 0 Å². The maximum absolute atomic E-state index is 10.6. The molecular formula is C12H21NO2. The maximum Gasteiger partial charge on any atom is 0.303 e. The van der Waals surface area contributed by atoms with Gasteiger partial charge in [-0.15, -0.1) is 0 Å². The van der Waals surface area contributed by atoms with Crippen LogP contribution in [0, 0.1) is 11.8 Å². The molecule has 0 spiro atoms. The fourth-order valence-corrected chi connectivity index (χ4v) is 2.54. The van der Waals surface area contributed by atoms with Gasteiger partial charge in [0.05, 0.1) is 0 Å². The molecule has 1 N–H and O–H groups in total. The second kappa shape index (κ2) is 4.97. The van der Waals surface area contributed by atoms with E-state index in [0.29, 0.717) is 12.3 Å². The van der Waals surface area contributed by atoms with Crippen molar-refractivity contribution >= 4 is 5.97 Å².